The number of carbonyl (C=O) groups excluding carboxylic acids is 1. The van der Waals surface area contributed by atoms with E-state index in [9.17, 15) is 14.7 Å². The number of hydrogen-bond acceptors (Lipinski definition) is 4. The van der Waals surface area contributed by atoms with Crippen LogP contribution in [0.15, 0.2) is 30.3 Å². The van der Waals surface area contributed by atoms with Crippen LogP contribution in [0.4, 0.5) is 4.79 Å². The van der Waals surface area contributed by atoms with Gasteiger partial charge < -0.3 is 20.3 Å². The number of hydrogen-bond donors (Lipinski definition) is 3. The Hall–Kier alpha value is -2.08. The lowest BCUT2D eigenvalue weighted by molar-refractivity contribution is -0.157. The van der Waals surface area contributed by atoms with Gasteiger partial charge in [0.1, 0.15) is 6.61 Å². The van der Waals surface area contributed by atoms with E-state index in [-0.39, 0.29) is 26.0 Å². The smallest absolute Gasteiger partial charge is 0.407 e. The van der Waals surface area contributed by atoms with Gasteiger partial charge in [-0.1, -0.05) is 30.3 Å². The molecule has 0 aliphatic heterocycles. The van der Waals surface area contributed by atoms with Gasteiger partial charge in [-0.3, -0.25) is 4.79 Å². The maximum atomic E-state index is 11.5. The van der Waals surface area contributed by atoms with Gasteiger partial charge in [-0.05, 0) is 18.4 Å². The van der Waals surface area contributed by atoms with Crippen LogP contribution in [0, 0.1) is 5.92 Å². The van der Waals surface area contributed by atoms with Gasteiger partial charge in [-0.2, -0.15) is 0 Å². The van der Waals surface area contributed by atoms with E-state index in [2.05, 4.69) is 5.32 Å². The molecule has 1 aromatic carbocycles. The monoisotopic (exact) mass is 279 g/mol. The largest absolute Gasteiger partial charge is 0.481 e. The summed E-state index contributed by atoms with van der Waals surface area (Å²) in [4.78, 5) is 22.1. The predicted molar refractivity (Wildman–Crippen MR) is 69.9 cm³/mol. The Morgan fingerprint density at radius 2 is 1.95 bits per heavy atom. The van der Waals surface area contributed by atoms with Crippen LogP contribution in [0.25, 0.3) is 0 Å². The van der Waals surface area contributed by atoms with Gasteiger partial charge in [-0.15, -0.1) is 0 Å². The highest BCUT2D eigenvalue weighted by molar-refractivity contribution is 5.72. The van der Waals surface area contributed by atoms with Crippen molar-refractivity contribution in [2.24, 2.45) is 5.92 Å². The third-order valence-corrected chi connectivity index (χ3v) is 3.38. The van der Waals surface area contributed by atoms with Crippen molar-refractivity contribution in [2.45, 2.75) is 25.0 Å². The van der Waals surface area contributed by atoms with Crippen LogP contribution in [0.3, 0.4) is 0 Å². The van der Waals surface area contributed by atoms with Crippen LogP contribution >= 0.6 is 0 Å². The molecule has 1 amide bonds. The molecule has 1 aliphatic rings. The molecule has 0 radical (unpaired) electrons. The maximum absolute atomic E-state index is 11.5. The summed E-state index contributed by atoms with van der Waals surface area (Å²) in [5.74, 6) is -1.44. The Balaban J connectivity index is 1.67. The quantitative estimate of drug-likeness (QED) is 0.751. The molecule has 3 N–H and O–H groups in total. The van der Waals surface area contributed by atoms with Crippen molar-refractivity contribution >= 4 is 12.1 Å². The second-order valence-electron chi connectivity index (χ2n) is 5.08. The number of amides is 1. The van der Waals surface area contributed by atoms with E-state index in [4.69, 9.17) is 9.84 Å². The predicted octanol–water partition coefficient (Wildman–Crippen LogP) is 1.14. The van der Waals surface area contributed by atoms with E-state index in [0.29, 0.717) is 0 Å². The lowest BCUT2D eigenvalue weighted by atomic mass is 9.71. The molecule has 0 aromatic heterocycles. The maximum Gasteiger partial charge on any atom is 0.407 e. The third-order valence-electron chi connectivity index (χ3n) is 3.38. The van der Waals surface area contributed by atoms with E-state index in [1.807, 2.05) is 30.3 Å². The summed E-state index contributed by atoms with van der Waals surface area (Å²) >= 11 is 0. The topological polar surface area (TPSA) is 95.9 Å². The molecule has 0 bridgehead atoms. The first-order valence-electron chi connectivity index (χ1n) is 6.38. The minimum absolute atomic E-state index is 0.00437. The van der Waals surface area contributed by atoms with Crippen molar-refractivity contribution in [1.29, 1.82) is 0 Å². The van der Waals surface area contributed by atoms with Gasteiger partial charge in [0, 0.05) is 6.54 Å². The van der Waals surface area contributed by atoms with Crippen LogP contribution in [0.2, 0.25) is 0 Å². The minimum atomic E-state index is -1.13. The van der Waals surface area contributed by atoms with Gasteiger partial charge in [0.15, 0.2) is 0 Å². The first kappa shape index (κ1) is 14.3. The highest BCUT2D eigenvalue weighted by Crippen LogP contribution is 2.37. The van der Waals surface area contributed by atoms with E-state index < -0.39 is 23.6 Å². The number of rotatable bonds is 5. The van der Waals surface area contributed by atoms with Crippen molar-refractivity contribution in [3.8, 4) is 0 Å². The van der Waals surface area contributed by atoms with Crippen molar-refractivity contribution in [3.63, 3.8) is 0 Å². The number of alkyl carbamates (subject to hydrolysis) is 1. The summed E-state index contributed by atoms with van der Waals surface area (Å²) in [5.41, 5.74) is -0.259. The molecule has 0 heterocycles. The molecule has 1 saturated carbocycles. The van der Waals surface area contributed by atoms with Gasteiger partial charge in [-0.25, -0.2) is 4.79 Å². The summed E-state index contributed by atoms with van der Waals surface area (Å²) < 4.78 is 4.99. The Morgan fingerprint density at radius 1 is 1.30 bits per heavy atom. The van der Waals surface area contributed by atoms with Crippen LogP contribution in [0.5, 0.6) is 0 Å². The normalized spacial score (nSPS) is 24.6. The highest BCUT2D eigenvalue weighted by Gasteiger charge is 2.46. The number of ether oxygens (including phenoxy) is 1. The fourth-order valence-electron chi connectivity index (χ4n) is 2.19. The Kier molecular flexibility index (Phi) is 4.24. The second-order valence-corrected chi connectivity index (χ2v) is 5.08. The van der Waals surface area contributed by atoms with Gasteiger partial charge in [0.25, 0.3) is 0 Å². The Bertz CT molecular complexity index is 482. The number of carboxylic acids is 1. The summed E-state index contributed by atoms with van der Waals surface area (Å²) in [7, 11) is 0. The Morgan fingerprint density at radius 3 is 2.55 bits per heavy atom. The molecule has 2 rings (SSSR count). The standard InChI is InChI=1S/C14H17NO5/c16-12(17)11-6-14(19,7-11)9-15-13(18)20-8-10-4-2-1-3-5-10/h1-5,11,19H,6-9H2,(H,15,18)(H,16,17). The molecule has 108 valence electrons. The molecule has 20 heavy (non-hydrogen) atoms. The number of nitrogens with one attached hydrogen (secondary N) is 1. The minimum Gasteiger partial charge on any atom is -0.481 e. The van der Waals surface area contributed by atoms with E-state index >= 15 is 0 Å². The number of benzene rings is 1. The molecule has 1 fully saturated rings. The van der Waals surface area contributed by atoms with Gasteiger partial charge >= 0.3 is 12.1 Å². The lowest BCUT2D eigenvalue weighted by Gasteiger charge is -2.41. The van der Waals surface area contributed by atoms with Crippen LogP contribution in [-0.2, 0) is 16.1 Å². The zero-order valence-corrected chi connectivity index (χ0v) is 10.9. The van der Waals surface area contributed by atoms with E-state index in [0.717, 1.165) is 5.56 Å². The summed E-state index contributed by atoms with van der Waals surface area (Å²) in [6.07, 6.45) is -0.316. The van der Waals surface area contributed by atoms with Crippen LogP contribution < -0.4 is 5.32 Å². The van der Waals surface area contributed by atoms with Crippen LogP contribution in [0.1, 0.15) is 18.4 Å². The van der Waals surface area contributed by atoms with Crippen molar-refractivity contribution in [1.82, 2.24) is 5.32 Å². The average molecular weight is 279 g/mol. The van der Waals surface area contributed by atoms with Gasteiger partial charge in [0.05, 0.1) is 11.5 Å². The molecule has 1 aliphatic carbocycles. The first-order valence-corrected chi connectivity index (χ1v) is 6.38. The van der Waals surface area contributed by atoms with E-state index in [1.54, 1.807) is 0 Å². The van der Waals surface area contributed by atoms with Crippen molar-refractivity contribution in [3.05, 3.63) is 35.9 Å². The number of aliphatic hydroxyl groups is 1. The lowest BCUT2D eigenvalue weighted by Crippen LogP contribution is -2.54. The molecule has 1 aromatic rings. The summed E-state index contributed by atoms with van der Waals surface area (Å²) in [6, 6.07) is 9.24. The summed E-state index contributed by atoms with van der Waals surface area (Å²) in [5, 5.41) is 21.1. The number of carbonyl (C=O) groups is 2. The first-order chi connectivity index (χ1) is 9.48. The van der Waals surface area contributed by atoms with Crippen molar-refractivity contribution < 1.29 is 24.5 Å². The molecule has 0 saturated heterocycles. The second kappa shape index (κ2) is 5.92. The average Bonchev–Trinajstić information content (AvgIpc) is 2.40. The fourth-order valence-corrected chi connectivity index (χ4v) is 2.19. The molecular formula is C14H17NO5. The zero-order chi connectivity index (χ0) is 14.6. The molecule has 0 spiro atoms. The summed E-state index contributed by atoms with van der Waals surface area (Å²) in [6.45, 7) is 0.160. The molecule has 0 unspecified atom stereocenters. The van der Waals surface area contributed by atoms with Crippen molar-refractivity contribution in [2.75, 3.05) is 6.54 Å². The number of carboxylic acid groups (broad SMARTS) is 1. The zero-order valence-electron chi connectivity index (χ0n) is 10.9. The molecular weight excluding hydrogens is 262 g/mol. The SMILES string of the molecule is O=C(NCC1(O)CC(C(=O)O)C1)OCc1ccccc1. The highest BCUT2D eigenvalue weighted by atomic mass is 16.5. The molecule has 6 nitrogen and oxygen atoms in total. The third kappa shape index (κ3) is 3.71. The number of aliphatic carboxylic acids is 1. The van der Waals surface area contributed by atoms with E-state index in [1.165, 1.54) is 0 Å². The van der Waals surface area contributed by atoms with Crippen LogP contribution in [-0.4, -0.2) is 34.4 Å². The molecule has 0 atom stereocenters. The fraction of sp³-hybridized carbons (Fsp3) is 0.429. The molecule has 6 heteroatoms. The van der Waals surface area contributed by atoms with Gasteiger partial charge in [0.2, 0.25) is 0 Å². The Labute approximate surface area is 116 Å².